The van der Waals surface area contributed by atoms with Crippen molar-refractivity contribution >= 4 is 23.3 Å². The van der Waals surface area contributed by atoms with Crippen LogP contribution >= 0.6 is 0 Å². The van der Waals surface area contributed by atoms with E-state index in [1.54, 1.807) is 31.6 Å². The van der Waals surface area contributed by atoms with Gasteiger partial charge in [-0.1, -0.05) is 26.8 Å². The molecule has 0 saturated carbocycles. The maximum atomic E-state index is 12.9. The van der Waals surface area contributed by atoms with Crippen LogP contribution in [0.15, 0.2) is 30.3 Å². The second kappa shape index (κ2) is 8.42. The van der Waals surface area contributed by atoms with Crippen LogP contribution in [0, 0.1) is 10.1 Å². The number of hydrogen-bond acceptors (Lipinski definition) is 5. The molecule has 2 amide bonds. The monoisotopic (exact) mass is 401 g/mol. The lowest BCUT2D eigenvalue weighted by atomic mass is 9.92. The Labute approximate surface area is 169 Å². The summed E-state index contributed by atoms with van der Waals surface area (Å²) in [6, 6.07) is 7.02. The van der Waals surface area contributed by atoms with E-state index in [4.69, 9.17) is 0 Å². The van der Waals surface area contributed by atoms with E-state index in [-0.39, 0.29) is 35.2 Å². The van der Waals surface area contributed by atoms with E-state index < -0.39 is 10.8 Å². The molecule has 0 aliphatic heterocycles. The van der Waals surface area contributed by atoms with Crippen LogP contribution in [0.5, 0.6) is 0 Å². The van der Waals surface area contributed by atoms with Gasteiger partial charge in [-0.25, -0.2) is 0 Å². The van der Waals surface area contributed by atoms with Crippen LogP contribution in [-0.2, 0) is 17.3 Å². The van der Waals surface area contributed by atoms with Crippen molar-refractivity contribution in [1.29, 1.82) is 0 Å². The maximum absolute atomic E-state index is 12.9. The maximum Gasteiger partial charge on any atom is 0.270 e. The fourth-order valence-corrected chi connectivity index (χ4v) is 2.70. The van der Waals surface area contributed by atoms with Gasteiger partial charge in [0.05, 0.1) is 10.6 Å². The molecule has 0 atom stereocenters. The Hall–Kier alpha value is -3.23. The third-order valence-electron chi connectivity index (χ3n) is 4.42. The van der Waals surface area contributed by atoms with Crippen molar-refractivity contribution in [2.75, 3.05) is 11.9 Å². The standard InChI is InChI=1S/C20H27N5O4/c1-13(2)24(19(27)14-8-7-9-15(10-14)25(28)29)12-18(26)21-17-11-16(20(3,4)5)22-23(17)6/h7-11,13H,12H2,1-6H3,(H,21,26). The molecular formula is C20H27N5O4. The zero-order valence-electron chi connectivity index (χ0n) is 17.6. The van der Waals surface area contributed by atoms with Crippen molar-refractivity contribution in [3.8, 4) is 0 Å². The van der Waals surface area contributed by atoms with Gasteiger partial charge in [-0.2, -0.15) is 5.10 Å². The number of nitro benzene ring substituents is 1. The number of non-ortho nitro benzene ring substituents is 1. The minimum absolute atomic E-state index is 0.163. The number of anilines is 1. The summed E-state index contributed by atoms with van der Waals surface area (Å²) in [5, 5.41) is 18.2. The zero-order chi connectivity index (χ0) is 21.9. The van der Waals surface area contributed by atoms with Gasteiger partial charge >= 0.3 is 0 Å². The van der Waals surface area contributed by atoms with Crippen molar-refractivity contribution in [3.05, 3.63) is 51.7 Å². The van der Waals surface area contributed by atoms with Crippen LogP contribution in [0.2, 0.25) is 0 Å². The lowest BCUT2D eigenvalue weighted by Gasteiger charge is -2.26. The number of nitrogens with one attached hydrogen (secondary N) is 1. The van der Waals surface area contributed by atoms with Gasteiger partial charge in [-0.15, -0.1) is 0 Å². The Bertz CT molecular complexity index is 927. The number of amides is 2. The van der Waals surface area contributed by atoms with Crippen LogP contribution in [0.25, 0.3) is 0 Å². The Morgan fingerprint density at radius 2 is 1.93 bits per heavy atom. The molecule has 1 aromatic heterocycles. The molecule has 1 N–H and O–H groups in total. The van der Waals surface area contributed by atoms with Crippen molar-refractivity contribution < 1.29 is 14.5 Å². The topological polar surface area (TPSA) is 110 Å². The zero-order valence-corrected chi connectivity index (χ0v) is 17.6. The number of benzene rings is 1. The first-order valence-corrected chi connectivity index (χ1v) is 9.30. The van der Waals surface area contributed by atoms with Crippen molar-refractivity contribution in [1.82, 2.24) is 14.7 Å². The predicted octanol–water partition coefficient (Wildman–Crippen LogP) is 3.12. The number of nitro groups is 1. The molecule has 0 fully saturated rings. The van der Waals surface area contributed by atoms with Crippen LogP contribution in [0.1, 0.15) is 50.7 Å². The summed E-state index contributed by atoms with van der Waals surface area (Å²) < 4.78 is 1.58. The number of carbonyl (C=O) groups is 2. The molecule has 1 heterocycles. The van der Waals surface area contributed by atoms with Crippen molar-refractivity contribution in [3.63, 3.8) is 0 Å². The van der Waals surface area contributed by atoms with Crippen LogP contribution in [-0.4, -0.2) is 44.0 Å². The fourth-order valence-electron chi connectivity index (χ4n) is 2.70. The molecule has 2 aromatic rings. The summed E-state index contributed by atoms with van der Waals surface area (Å²) in [5.41, 5.74) is 0.663. The lowest BCUT2D eigenvalue weighted by Crippen LogP contribution is -2.42. The first-order valence-electron chi connectivity index (χ1n) is 9.30. The number of nitrogens with zero attached hydrogens (tertiary/aromatic N) is 4. The second-order valence-electron chi connectivity index (χ2n) is 8.17. The Morgan fingerprint density at radius 3 is 2.45 bits per heavy atom. The number of aromatic nitrogens is 2. The van der Waals surface area contributed by atoms with Crippen LogP contribution in [0.3, 0.4) is 0 Å². The highest BCUT2D eigenvalue weighted by atomic mass is 16.6. The predicted molar refractivity (Wildman–Crippen MR) is 110 cm³/mol. The molecular weight excluding hydrogens is 374 g/mol. The van der Waals surface area contributed by atoms with E-state index in [9.17, 15) is 19.7 Å². The lowest BCUT2D eigenvalue weighted by molar-refractivity contribution is -0.384. The Kier molecular flexibility index (Phi) is 6.41. The third kappa shape index (κ3) is 5.40. The van der Waals surface area contributed by atoms with Crippen molar-refractivity contribution in [2.45, 2.75) is 46.1 Å². The normalized spacial score (nSPS) is 11.4. The quantitative estimate of drug-likeness (QED) is 0.591. The average Bonchev–Trinajstić information content (AvgIpc) is 3.00. The Balaban J connectivity index is 2.17. The smallest absolute Gasteiger partial charge is 0.270 e. The van der Waals surface area contributed by atoms with E-state index in [1.807, 2.05) is 20.8 Å². The van der Waals surface area contributed by atoms with Crippen molar-refractivity contribution in [2.24, 2.45) is 7.05 Å². The molecule has 2 rings (SSSR count). The molecule has 9 nitrogen and oxygen atoms in total. The highest BCUT2D eigenvalue weighted by Gasteiger charge is 2.24. The largest absolute Gasteiger partial charge is 0.327 e. The first-order chi connectivity index (χ1) is 13.4. The van der Waals surface area contributed by atoms with E-state index >= 15 is 0 Å². The molecule has 0 aliphatic rings. The summed E-state index contributed by atoms with van der Waals surface area (Å²) >= 11 is 0. The van der Waals surface area contributed by atoms with Gasteiger partial charge in [0.25, 0.3) is 11.6 Å². The third-order valence-corrected chi connectivity index (χ3v) is 4.42. The van der Waals surface area contributed by atoms with Gasteiger partial charge in [0, 0.05) is 42.3 Å². The number of aryl methyl sites for hydroxylation is 1. The highest BCUT2D eigenvalue weighted by molar-refractivity contribution is 5.99. The minimum atomic E-state index is -0.557. The van der Waals surface area contributed by atoms with E-state index in [1.165, 1.54) is 29.2 Å². The van der Waals surface area contributed by atoms with Gasteiger partial charge in [-0.05, 0) is 19.9 Å². The second-order valence-corrected chi connectivity index (χ2v) is 8.17. The SMILES string of the molecule is CC(C)N(CC(=O)Nc1cc(C(C)(C)C)nn1C)C(=O)c1cccc([N+](=O)[O-])c1. The van der Waals surface area contributed by atoms with Gasteiger partial charge in [0.1, 0.15) is 12.4 Å². The van der Waals surface area contributed by atoms with E-state index in [2.05, 4.69) is 10.4 Å². The van der Waals surface area contributed by atoms with E-state index in [0.717, 1.165) is 5.69 Å². The molecule has 1 aromatic carbocycles. The first kappa shape index (κ1) is 22.1. The summed E-state index contributed by atoms with van der Waals surface area (Å²) in [7, 11) is 1.74. The molecule has 0 aliphatic carbocycles. The number of hydrogen-bond donors (Lipinski definition) is 1. The number of carbonyl (C=O) groups excluding carboxylic acids is 2. The van der Waals surface area contributed by atoms with Gasteiger partial charge in [-0.3, -0.25) is 24.4 Å². The molecule has 0 bridgehead atoms. The minimum Gasteiger partial charge on any atom is -0.327 e. The van der Waals surface area contributed by atoms with Gasteiger partial charge < -0.3 is 10.2 Å². The molecule has 0 unspecified atom stereocenters. The molecule has 0 spiro atoms. The van der Waals surface area contributed by atoms with Gasteiger partial charge in [0.15, 0.2) is 0 Å². The molecule has 156 valence electrons. The van der Waals surface area contributed by atoms with E-state index in [0.29, 0.717) is 5.82 Å². The van der Waals surface area contributed by atoms with Crippen LogP contribution in [0.4, 0.5) is 11.5 Å². The molecule has 29 heavy (non-hydrogen) atoms. The van der Waals surface area contributed by atoms with Gasteiger partial charge in [0.2, 0.25) is 5.91 Å². The fraction of sp³-hybridized carbons (Fsp3) is 0.450. The highest BCUT2D eigenvalue weighted by Crippen LogP contribution is 2.23. The molecule has 9 heteroatoms. The molecule has 0 saturated heterocycles. The Morgan fingerprint density at radius 1 is 1.28 bits per heavy atom. The van der Waals surface area contributed by atoms with Crippen LogP contribution < -0.4 is 5.32 Å². The summed E-state index contributed by atoms with van der Waals surface area (Å²) in [6.45, 7) is 9.46. The summed E-state index contributed by atoms with van der Waals surface area (Å²) in [6.07, 6.45) is 0. The number of rotatable bonds is 6. The summed E-state index contributed by atoms with van der Waals surface area (Å²) in [4.78, 5) is 37.2. The average molecular weight is 401 g/mol. The molecule has 0 radical (unpaired) electrons. The summed E-state index contributed by atoms with van der Waals surface area (Å²) in [5.74, 6) is -0.286.